The second-order valence-electron chi connectivity index (χ2n) is 5.83. The Kier molecular flexibility index (Phi) is 3.95. The predicted octanol–water partition coefficient (Wildman–Crippen LogP) is 3.22. The van der Waals surface area contributed by atoms with Crippen LogP contribution in [0.3, 0.4) is 0 Å². The van der Waals surface area contributed by atoms with Crippen LogP contribution >= 0.6 is 0 Å². The number of carbonyl (C=O) groups is 1. The van der Waals surface area contributed by atoms with Gasteiger partial charge in [-0.25, -0.2) is 0 Å². The Morgan fingerprint density at radius 2 is 2.26 bits per heavy atom. The third-order valence-corrected chi connectivity index (χ3v) is 4.09. The van der Waals surface area contributed by atoms with Crippen molar-refractivity contribution in [1.29, 1.82) is 0 Å². The molecule has 1 aliphatic carbocycles. The van der Waals surface area contributed by atoms with Gasteiger partial charge in [0, 0.05) is 6.04 Å². The summed E-state index contributed by atoms with van der Waals surface area (Å²) in [6.07, 6.45) is 3.55. The number of hydrogen-bond donors (Lipinski definition) is 2. The zero-order chi connectivity index (χ0) is 14.0. The Morgan fingerprint density at radius 3 is 2.89 bits per heavy atom. The van der Waals surface area contributed by atoms with E-state index in [1.165, 1.54) is 16.7 Å². The maximum atomic E-state index is 11.5. The number of rotatable bonds is 5. The van der Waals surface area contributed by atoms with E-state index in [2.05, 4.69) is 30.4 Å². The topological polar surface area (TPSA) is 49.3 Å². The van der Waals surface area contributed by atoms with Crippen LogP contribution in [0.2, 0.25) is 0 Å². The van der Waals surface area contributed by atoms with Crippen LogP contribution in [-0.4, -0.2) is 16.6 Å². The van der Waals surface area contributed by atoms with E-state index < -0.39 is 11.5 Å². The first-order chi connectivity index (χ1) is 8.96. The number of hydrogen-bond acceptors (Lipinski definition) is 2. The highest BCUT2D eigenvalue weighted by Gasteiger charge is 2.36. The molecular formula is C16H23NO2. The summed E-state index contributed by atoms with van der Waals surface area (Å²) >= 11 is 0. The van der Waals surface area contributed by atoms with E-state index in [0.29, 0.717) is 6.42 Å². The average molecular weight is 261 g/mol. The first kappa shape index (κ1) is 14.1. The fraction of sp³-hybridized carbons (Fsp3) is 0.562. The van der Waals surface area contributed by atoms with Crippen LogP contribution in [0.25, 0.3) is 0 Å². The molecule has 0 aromatic heterocycles. The van der Waals surface area contributed by atoms with Crippen LogP contribution in [0.4, 0.5) is 0 Å². The fourth-order valence-electron chi connectivity index (χ4n) is 3.00. The van der Waals surface area contributed by atoms with Crippen LogP contribution in [0.1, 0.15) is 55.8 Å². The van der Waals surface area contributed by atoms with Gasteiger partial charge < -0.3 is 5.11 Å². The van der Waals surface area contributed by atoms with Crippen LogP contribution < -0.4 is 5.32 Å². The number of aliphatic carboxylic acids is 1. The molecule has 2 N–H and O–H groups in total. The van der Waals surface area contributed by atoms with E-state index in [1.54, 1.807) is 6.92 Å². The van der Waals surface area contributed by atoms with Crippen molar-refractivity contribution < 1.29 is 9.90 Å². The standard InChI is InChI=1S/C16H23NO2/c1-4-9-16(3,15(18)19)17-14-8-7-12-6-5-11(2)10-13(12)14/h5-6,10,14,17H,4,7-9H2,1-3H3,(H,18,19). The minimum Gasteiger partial charge on any atom is -0.480 e. The zero-order valence-electron chi connectivity index (χ0n) is 12.0. The second-order valence-corrected chi connectivity index (χ2v) is 5.83. The van der Waals surface area contributed by atoms with Crippen molar-refractivity contribution in [1.82, 2.24) is 5.32 Å². The van der Waals surface area contributed by atoms with Crippen molar-refractivity contribution in [2.75, 3.05) is 0 Å². The van der Waals surface area contributed by atoms with Crippen LogP contribution in [-0.2, 0) is 11.2 Å². The van der Waals surface area contributed by atoms with Crippen molar-refractivity contribution >= 4 is 5.97 Å². The Morgan fingerprint density at radius 1 is 1.53 bits per heavy atom. The van der Waals surface area contributed by atoms with Gasteiger partial charge in [-0.05, 0) is 44.2 Å². The summed E-state index contributed by atoms with van der Waals surface area (Å²) < 4.78 is 0. The molecule has 2 unspecified atom stereocenters. The lowest BCUT2D eigenvalue weighted by Gasteiger charge is -2.30. The largest absolute Gasteiger partial charge is 0.480 e. The molecule has 1 aromatic rings. The Balaban J connectivity index is 2.22. The third kappa shape index (κ3) is 2.81. The van der Waals surface area contributed by atoms with Crippen LogP contribution in [0.15, 0.2) is 18.2 Å². The quantitative estimate of drug-likeness (QED) is 0.855. The minimum absolute atomic E-state index is 0.169. The van der Waals surface area contributed by atoms with Crippen molar-refractivity contribution in [3.05, 3.63) is 34.9 Å². The van der Waals surface area contributed by atoms with E-state index in [4.69, 9.17) is 0 Å². The Hall–Kier alpha value is -1.35. The predicted molar refractivity (Wildman–Crippen MR) is 76.3 cm³/mol. The first-order valence-electron chi connectivity index (χ1n) is 7.07. The van der Waals surface area contributed by atoms with Crippen molar-refractivity contribution in [2.24, 2.45) is 0 Å². The number of aryl methyl sites for hydroxylation is 2. The average Bonchev–Trinajstić information content (AvgIpc) is 2.72. The summed E-state index contributed by atoms with van der Waals surface area (Å²) in [7, 11) is 0. The fourth-order valence-corrected chi connectivity index (χ4v) is 3.00. The molecule has 3 heteroatoms. The zero-order valence-corrected chi connectivity index (χ0v) is 12.0. The van der Waals surface area contributed by atoms with E-state index >= 15 is 0 Å². The SMILES string of the molecule is CCCC(C)(NC1CCc2ccc(C)cc21)C(=O)O. The summed E-state index contributed by atoms with van der Waals surface area (Å²) in [4.78, 5) is 11.5. The molecule has 0 amide bonds. The van der Waals surface area contributed by atoms with Gasteiger partial charge in [-0.1, -0.05) is 37.1 Å². The summed E-state index contributed by atoms with van der Waals surface area (Å²) in [6, 6.07) is 6.66. The van der Waals surface area contributed by atoms with E-state index in [9.17, 15) is 9.90 Å². The summed E-state index contributed by atoms with van der Waals surface area (Å²) in [6.45, 7) is 5.90. The van der Waals surface area contributed by atoms with Crippen molar-refractivity contribution in [2.45, 2.75) is 58.0 Å². The molecule has 0 fully saturated rings. The molecule has 0 saturated heterocycles. The molecule has 104 valence electrons. The molecule has 1 aliphatic rings. The maximum absolute atomic E-state index is 11.5. The first-order valence-corrected chi connectivity index (χ1v) is 7.07. The molecule has 2 rings (SSSR count). The Bertz CT molecular complexity index is 484. The molecule has 2 atom stereocenters. The van der Waals surface area contributed by atoms with E-state index in [0.717, 1.165) is 19.3 Å². The van der Waals surface area contributed by atoms with E-state index in [1.807, 2.05) is 6.92 Å². The van der Waals surface area contributed by atoms with Crippen LogP contribution in [0.5, 0.6) is 0 Å². The molecule has 1 aromatic carbocycles. The molecule has 0 bridgehead atoms. The smallest absolute Gasteiger partial charge is 0.323 e. The molecular weight excluding hydrogens is 238 g/mol. The summed E-state index contributed by atoms with van der Waals surface area (Å²) in [5.41, 5.74) is 3.04. The molecule has 3 nitrogen and oxygen atoms in total. The molecule has 0 heterocycles. The summed E-state index contributed by atoms with van der Waals surface area (Å²) in [5.74, 6) is -0.754. The lowest BCUT2D eigenvalue weighted by molar-refractivity contribution is -0.144. The van der Waals surface area contributed by atoms with Gasteiger partial charge in [-0.2, -0.15) is 0 Å². The Labute approximate surface area is 115 Å². The van der Waals surface area contributed by atoms with Gasteiger partial charge in [0.15, 0.2) is 0 Å². The minimum atomic E-state index is -0.829. The van der Waals surface area contributed by atoms with Gasteiger partial charge in [-0.3, -0.25) is 10.1 Å². The third-order valence-electron chi connectivity index (χ3n) is 4.09. The van der Waals surface area contributed by atoms with Gasteiger partial charge >= 0.3 is 5.97 Å². The van der Waals surface area contributed by atoms with Crippen molar-refractivity contribution in [3.63, 3.8) is 0 Å². The molecule has 0 radical (unpaired) electrons. The van der Waals surface area contributed by atoms with E-state index in [-0.39, 0.29) is 6.04 Å². The molecule has 19 heavy (non-hydrogen) atoms. The van der Waals surface area contributed by atoms with Gasteiger partial charge in [0.05, 0.1) is 0 Å². The van der Waals surface area contributed by atoms with Crippen molar-refractivity contribution in [3.8, 4) is 0 Å². The normalized spacial score (nSPS) is 20.9. The van der Waals surface area contributed by atoms with Gasteiger partial charge in [-0.15, -0.1) is 0 Å². The van der Waals surface area contributed by atoms with Gasteiger partial charge in [0.25, 0.3) is 0 Å². The molecule has 0 aliphatic heterocycles. The number of nitrogens with one attached hydrogen (secondary N) is 1. The second kappa shape index (κ2) is 5.33. The number of carboxylic acid groups (broad SMARTS) is 1. The van der Waals surface area contributed by atoms with Gasteiger partial charge in [0.1, 0.15) is 5.54 Å². The molecule has 0 saturated carbocycles. The summed E-state index contributed by atoms with van der Waals surface area (Å²) in [5, 5.41) is 12.8. The number of fused-ring (bicyclic) bond motifs is 1. The van der Waals surface area contributed by atoms with Gasteiger partial charge in [0.2, 0.25) is 0 Å². The number of benzene rings is 1. The highest BCUT2D eigenvalue weighted by molar-refractivity contribution is 5.78. The molecule has 0 spiro atoms. The lowest BCUT2D eigenvalue weighted by atomic mass is 9.93. The van der Waals surface area contributed by atoms with Crippen LogP contribution in [0, 0.1) is 6.92 Å². The lowest BCUT2D eigenvalue weighted by Crippen LogP contribution is -2.50. The highest BCUT2D eigenvalue weighted by Crippen LogP contribution is 2.34. The monoisotopic (exact) mass is 261 g/mol. The maximum Gasteiger partial charge on any atom is 0.323 e. The highest BCUT2D eigenvalue weighted by atomic mass is 16.4. The number of carboxylic acids is 1.